The molecule has 0 bridgehead atoms. The summed E-state index contributed by atoms with van der Waals surface area (Å²) in [5.41, 5.74) is 5.47. The monoisotopic (exact) mass is 783 g/mol. The molecule has 14 heteroatoms. The van der Waals surface area contributed by atoms with Gasteiger partial charge >= 0.3 is 5.97 Å². The van der Waals surface area contributed by atoms with E-state index >= 15 is 0 Å². The molecule has 0 aliphatic carbocycles. The largest absolute Gasteiger partial charge is 0.480 e. The molecule has 0 aromatic rings. The Morgan fingerprint density at radius 1 is 0.582 bits per heavy atom. The molecule has 0 unspecified atom stereocenters. The SMILES string of the molecule is CCCCCCCCCCCCCCCCCC(=O)N[C@@H](CO)C(=O)N[C@@H](CC(C)C)C(=O)N[C@H](C(=O)NCC(=O)N[C@@H](CCCCN)C(=O)O)[C@@H](C)CC. The van der Waals surface area contributed by atoms with Crippen molar-refractivity contribution >= 4 is 35.5 Å². The van der Waals surface area contributed by atoms with Crippen LogP contribution in [0, 0.1) is 11.8 Å². The molecule has 5 atom stereocenters. The Kier molecular flexibility index (Phi) is 31.0. The van der Waals surface area contributed by atoms with Gasteiger partial charge in [0.1, 0.15) is 24.2 Å². The number of unbranched alkanes of at least 4 members (excludes halogenated alkanes) is 15. The van der Waals surface area contributed by atoms with Crippen molar-refractivity contribution in [2.45, 2.75) is 194 Å². The second-order valence-corrected chi connectivity index (χ2v) is 15.5. The summed E-state index contributed by atoms with van der Waals surface area (Å²) in [6.45, 7) is 8.83. The summed E-state index contributed by atoms with van der Waals surface area (Å²) in [5.74, 6) is -4.59. The van der Waals surface area contributed by atoms with E-state index < -0.39 is 66.9 Å². The number of aliphatic hydroxyl groups excluding tert-OH is 1. The Morgan fingerprint density at radius 2 is 1.09 bits per heavy atom. The molecule has 0 aliphatic heterocycles. The van der Waals surface area contributed by atoms with Gasteiger partial charge in [-0.2, -0.15) is 0 Å². The van der Waals surface area contributed by atoms with E-state index in [1.54, 1.807) is 6.92 Å². The number of carboxylic acids is 1. The highest BCUT2D eigenvalue weighted by Crippen LogP contribution is 2.14. The van der Waals surface area contributed by atoms with E-state index in [4.69, 9.17) is 5.73 Å². The Labute approximate surface area is 331 Å². The summed E-state index contributed by atoms with van der Waals surface area (Å²) < 4.78 is 0. The van der Waals surface area contributed by atoms with Gasteiger partial charge in [0.2, 0.25) is 29.5 Å². The van der Waals surface area contributed by atoms with Crippen molar-refractivity contribution in [1.29, 1.82) is 0 Å². The molecule has 0 spiro atoms. The summed E-state index contributed by atoms with van der Waals surface area (Å²) in [6, 6.07) is -4.49. The molecule has 5 amide bonds. The standard InChI is InChI=1S/C41H78N6O8/c1-6-8-9-10-11-12-13-14-15-16-17-18-19-20-21-25-35(49)45-34(29-48)39(52)46-33(27-30(3)4)38(51)47-37(31(5)7-2)40(53)43-28-36(50)44-32(41(54)55)24-22-23-26-42/h30-34,37,48H,6-29,42H2,1-5H3,(H,43,53)(H,44,50)(H,45,49)(H,46,52)(H,47,51)(H,54,55)/t31-,32-,33-,34-,37-/m0/s1. The van der Waals surface area contributed by atoms with Gasteiger partial charge in [0.15, 0.2) is 0 Å². The second-order valence-electron chi connectivity index (χ2n) is 15.5. The minimum atomic E-state index is -1.25. The maximum absolute atomic E-state index is 13.5. The highest BCUT2D eigenvalue weighted by molar-refractivity contribution is 5.95. The third kappa shape index (κ3) is 26.3. The molecule has 320 valence electrons. The van der Waals surface area contributed by atoms with Crippen LogP contribution >= 0.6 is 0 Å². The lowest BCUT2D eigenvalue weighted by Crippen LogP contribution is -2.59. The zero-order chi connectivity index (χ0) is 41.4. The first-order valence-corrected chi connectivity index (χ1v) is 21.3. The average molecular weight is 783 g/mol. The van der Waals surface area contributed by atoms with E-state index in [0.717, 1.165) is 19.3 Å². The summed E-state index contributed by atoms with van der Waals surface area (Å²) in [6.07, 6.45) is 20.5. The number of carbonyl (C=O) groups excluding carboxylic acids is 5. The van der Waals surface area contributed by atoms with Crippen LogP contribution in [0.4, 0.5) is 0 Å². The van der Waals surface area contributed by atoms with Crippen molar-refractivity contribution in [3.63, 3.8) is 0 Å². The van der Waals surface area contributed by atoms with Crippen molar-refractivity contribution in [3.05, 3.63) is 0 Å². The summed E-state index contributed by atoms with van der Waals surface area (Å²) in [5, 5.41) is 32.2. The van der Waals surface area contributed by atoms with Crippen LogP contribution in [0.15, 0.2) is 0 Å². The van der Waals surface area contributed by atoms with Gasteiger partial charge in [0, 0.05) is 6.42 Å². The van der Waals surface area contributed by atoms with Gasteiger partial charge in [-0.1, -0.05) is 131 Å². The lowest BCUT2D eigenvalue weighted by molar-refractivity contribution is -0.142. The fourth-order valence-corrected chi connectivity index (χ4v) is 6.32. The molecule has 14 nitrogen and oxygen atoms in total. The van der Waals surface area contributed by atoms with Crippen molar-refractivity contribution in [1.82, 2.24) is 26.6 Å². The highest BCUT2D eigenvalue weighted by atomic mass is 16.4. The molecule has 0 aromatic carbocycles. The summed E-state index contributed by atoms with van der Waals surface area (Å²) in [7, 11) is 0. The van der Waals surface area contributed by atoms with Crippen LogP contribution < -0.4 is 32.3 Å². The zero-order valence-corrected chi connectivity index (χ0v) is 34.9. The normalized spacial score (nSPS) is 14.0. The number of hydrogen-bond acceptors (Lipinski definition) is 8. The number of aliphatic hydroxyl groups is 1. The molecule has 55 heavy (non-hydrogen) atoms. The average Bonchev–Trinajstić information content (AvgIpc) is 3.15. The van der Waals surface area contributed by atoms with Crippen LogP contribution in [0.3, 0.4) is 0 Å². The maximum Gasteiger partial charge on any atom is 0.326 e. The third-order valence-corrected chi connectivity index (χ3v) is 9.98. The molecule has 0 heterocycles. The predicted molar refractivity (Wildman–Crippen MR) is 217 cm³/mol. The minimum absolute atomic E-state index is 0.0325. The van der Waals surface area contributed by atoms with E-state index in [9.17, 15) is 39.0 Å². The van der Waals surface area contributed by atoms with Crippen LogP contribution in [0.5, 0.6) is 0 Å². The quantitative estimate of drug-likeness (QED) is 0.0420. The molecular weight excluding hydrogens is 704 g/mol. The Hall–Kier alpha value is -3.26. The minimum Gasteiger partial charge on any atom is -0.480 e. The van der Waals surface area contributed by atoms with Crippen LogP contribution in [0.1, 0.15) is 169 Å². The number of carbonyl (C=O) groups is 6. The number of hydrogen-bond donors (Lipinski definition) is 8. The van der Waals surface area contributed by atoms with E-state index in [2.05, 4.69) is 33.5 Å². The van der Waals surface area contributed by atoms with Gasteiger partial charge in [0.05, 0.1) is 13.2 Å². The molecular formula is C41H78N6O8. The summed E-state index contributed by atoms with van der Waals surface area (Å²) >= 11 is 0. The first-order valence-electron chi connectivity index (χ1n) is 21.3. The molecule has 0 aromatic heterocycles. The third-order valence-electron chi connectivity index (χ3n) is 9.98. The van der Waals surface area contributed by atoms with Gasteiger partial charge in [-0.15, -0.1) is 0 Å². The van der Waals surface area contributed by atoms with Crippen LogP contribution in [0.25, 0.3) is 0 Å². The number of carboxylic acid groups (broad SMARTS) is 1. The van der Waals surface area contributed by atoms with Gasteiger partial charge in [-0.25, -0.2) is 4.79 Å². The Morgan fingerprint density at radius 3 is 1.56 bits per heavy atom. The van der Waals surface area contributed by atoms with Gasteiger partial charge < -0.3 is 42.5 Å². The number of aliphatic carboxylic acids is 1. The molecule has 0 radical (unpaired) electrons. The van der Waals surface area contributed by atoms with E-state index in [1.165, 1.54) is 70.6 Å². The van der Waals surface area contributed by atoms with Crippen molar-refractivity contribution in [2.75, 3.05) is 19.7 Å². The highest BCUT2D eigenvalue weighted by Gasteiger charge is 2.32. The number of rotatable bonds is 35. The van der Waals surface area contributed by atoms with E-state index in [0.29, 0.717) is 32.2 Å². The lowest BCUT2D eigenvalue weighted by atomic mass is 9.96. The molecule has 0 saturated carbocycles. The summed E-state index contributed by atoms with van der Waals surface area (Å²) in [4.78, 5) is 76.6. The van der Waals surface area contributed by atoms with E-state index in [1.807, 2.05) is 20.8 Å². The molecule has 0 saturated heterocycles. The fraction of sp³-hybridized carbons (Fsp3) is 0.854. The smallest absolute Gasteiger partial charge is 0.326 e. The molecule has 9 N–H and O–H groups in total. The Bertz CT molecular complexity index is 1090. The van der Waals surface area contributed by atoms with E-state index in [-0.39, 0.29) is 37.0 Å². The van der Waals surface area contributed by atoms with Crippen LogP contribution in [0.2, 0.25) is 0 Å². The van der Waals surface area contributed by atoms with Crippen molar-refractivity contribution in [3.8, 4) is 0 Å². The number of amides is 5. The lowest BCUT2D eigenvalue weighted by Gasteiger charge is -2.28. The number of nitrogens with one attached hydrogen (secondary N) is 5. The van der Waals surface area contributed by atoms with Crippen LogP contribution in [-0.2, 0) is 28.8 Å². The maximum atomic E-state index is 13.5. The Balaban J connectivity index is 4.90. The molecule has 0 fully saturated rings. The second kappa shape index (κ2) is 32.9. The van der Waals surface area contributed by atoms with Gasteiger partial charge in [-0.3, -0.25) is 24.0 Å². The topological polar surface area (TPSA) is 229 Å². The first-order chi connectivity index (χ1) is 26.3. The zero-order valence-electron chi connectivity index (χ0n) is 34.9. The predicted octanol–water partition coefficient (Wildman–Crippen LogP) is 4.60. The molecule has 0 aliphatic rings. The number of nitrogens with two attached hydrogens (primary N) is 1. The van der Waals surface area contributed by atoms with Gasteiger partial charge in [-0.05, 0) is 50.5 Å². The fourth-order valence-electron chi connectivity index (χ4n) is 6.32. The van der Waals surface area contributed by atoms with Crippen LogP contribution in [-0.4, -0.2) is 89.6 Å². The first kappa shape index (κ1) is 51.7. The van der Waals surface area contributed by atoms with Crippen molar-refractivity contribution < 1.29 is 39.0 Å². The van der Waals surface area contributed by atoms with Crippen molar-refractivity contribution in [2.24, 2.45) is 17.6 Å². The molecule has 0 rings (SSSR count). The van der Waals surface area contributed by atoms with Gasteiger partial charge in [0.25, 0.3) is 0 Å².